The summed E-state index contributed by atoms with van der Waals surface area (Å²) in [6, 6.07) is 55.2. The van der Waals surface area contributed by atoms with Gasteiger partial charge in [0, 0.05) is 50.2 Å². The number of aryl methyl sites for hydroxylation is 3. The van der Waals surface area contributed by atoms with Crippen LogP contribution in [-0.2, 0) is 32.5 Å². The van der Waals surface area contributed by atoms with Crippen LogP contribution < -0.4 is 26.4 Å². The lowest BCUT2D eigenvalue weighted by molar-refractivity contribution is 0.332. The van der Waals surface area contributed by atoms with Gasteiger partial charge in [0.2, 0.25) is 0 Å². The number of fused-ring (bicyclic) bond motifs is 12. The van der Waals surface area contributed by atoms with Crippen molar-refractivity contribution in [2.75, 3.05) is 9.80 Å². The fourth-order valence-corrected chi connectivity index (χ4v) is 16.4. The van der Waals surface area contributed by atoms with E-state index < -0.39 is 0 Å². The molecule has 15 rings (SSSR count). The number of hydrogen-bond acceptors (Lipinski definition) is 3. The molecule has 0 fully saturated rings. The zero-order chi connectivity index (χ0) is 57.1. The van der Waals surface area contributed by atoms with Crippen molar-refractivity contribution in [3.8, 4) is 16.8 Å². The van der Waals surface area contributed by atoms with Gasteiger partial charge in [-0.2, -0.15) is 0 Å². The zero-order valence-corrected chi connectivity index (χ0v) is 51.3. The van der Waals surface area contributed by atoms with Gasteiger partial charge in [-0.05, 0) is 231 Å². The molecule has 0 unspecified atom stereocenters. The fraction of sp³-hybridized carbons (Fsp3) is 0.351. The van der Waals surface area contributed by atoms with Gasteiger partial charge in [-0.15, -0.1) is 0 Å². The molecule has 2 aromatic heterocycles. The SMILES string of the molecule is Cc1cc2c3c(c1)N(c1ccc4c(c1)C(C)(C)CCC4(C)C)c1c(oc4cc5c(cc14)C(C)(C)CCC5(C)C)B3c1ccc(-n3c4ccccc4c4c(C)cc(C)cc43)cc1N2c1cc2c(cc1-c1ccccc1)C(C)(C)CCC2(C)C. The average molecular weight is 1070 g/mol. The summed E-state index contributed by atoms with van der Waals surface area (Å²) in [5, 5.41) is 3.80. The fourth-order valence-electron chi connectivity index (χ4n) is 16.4. The molecule has 0 atom stereocenters. The van der Waals surface area contributed by atoms with Crippen LogP contribution in [0.3, 0.4) is 0 Å². The van der Waals surface area contributed by atoms with Gasteiger partial charge in [-0.3, -0.25) is 0 Å². The summed E-state index contributed by atoms with van der Waals surface area (Å²) in [7, 11) is 0. The van der Waals surface area contributed by atoms with Crippen molar-refractivity contribution >= 4 is 90.2 Å². The summed E-state index contributed by atoms with van der Waals surface area (Å²) in [6.45, 7) is 36.2. The first-order valence-corrected chi connectivity index (χ1v) is 30.7. The first-order chi connectivity index (χ1) is 38.8. The van der Waals surface area contributed by atoms with Crippen LogP contribution in [0.2, 0.25) is 0 Å². The molecule has 4 nitrogen and oxygen atoms in total. The second kappa shape index (κ2) is 17.0. The molecular formula is C77H80BN3O. The maximum atomic E-state index is 7.83. The molecule has 0 saturated carbocycles. The third-order valence-electron chi connectivity index (χ3n) is 21.5. The smallest absolute Gasteiger partial charge is 0.297 e. The third kappa shape index (κ3) is 7.29. The van der Waals surface area contributed by atoms with Crippen molar-refractivity contribution in [1.82, 2.24) is 4.57 Å². The van der Waals surface area contributed by atoms with Gasteiger partial charge in [-0.1, -0.05) is 150 Å². The van der Waals surface area contributed by atoms with Gasteiger partial charge in [-0.25, -0.2) is 0 Å². The van der Waals surface area contributed by atoms with Crippen LogP contribution in [0.5, 0.6) is 0 Å². The Morgan fingerprint density at radius 3 is 1.63 bits per heavy atom. The molecule has 412 valence electrons. The van der Waals surface area contributed by atoms with Gasteiger partial charge < -0.3 is 18.8 Å². The highest BCUT2D eigenvalue weighted by Gasteiger charge is 2.50. The van der Waals surface area contributed by atoms with Crippen molar-refractivity contribution in [2.24, 2.45) is 0 Å². The third-order valence-corrected chi connectivity index (χ3v) is 21.5. The van der Waals surface area contributed by atoms with Crippen molar-refractivity contribution in [3.63, 3.8) is 0 Å². The predicted octanol–water partition coefficient (Wildman–Crippen LogP) is 19.3. The van der Waals surface area contributed by atoms with E-state index >= 15 is 0 Å². The first kappa shape index (κ1) is 51.6. The van der Waals surface area contributed by atoms with Gasteiger partial charge >= 0.3 is 0 Å². The number of anilines is 6. The maximum Gasteiger partial charge on any atom is 0.297 e. The second-order valence-electron chi connectivity index (χ2n) is 29.9. The molecule has 82 heavy (non-hydrogen) atoms. The summed E-state index contributed by atoms with van der Waals surface area (Å²) in [5.74, 6) is 0. The van der Waals surface area contributed by atoms with E-state index in [0.717, 1.165) is 49.0 Å². The molecule has 5 aliphatic rings. The minimum atomic E-state index is -0.202. The van der Waals surface area contributed by atoms with Gasteiger partial charge in [0.05, 0.1) is 28.1 Å². The maximum absolute atomic E-state index is 7.83. The Morgan fingerprint density at radius 2 is 0.963 bits per heavy atom. The Balaban J connectivity index is 1.09. The predicted molar refractivity (Wildman–Crippen MR) is 350 cm³/mol. The summed E-state index contributed by atoms with van der Waals surface area (Å²) in [6.07, 6.45) is 6.88. The van der Waals surface area contributed by atoms with Gasteiger partial charge in [0.15, 0.2) is 0 Å². The van der Waals surface area contributed by atoms with Crippen LogP contribution in [0, 0.1) is 20.8 Å². The van der Waals surface area contributed by atoms with Crippen LogP contribution in [-0.4, -0.2) is 11.3 Å². The molecule has 0 spiro atoms. The molecule has 0 N–H and O–H groups in total. The summed E-state index contributed by atoms with van der Waals surface area (Å²) in [5.41, 5.74) is 30.5. The molecule has 4 heterocycles. The highest BCUT2D eigenvalue weighted by atomic mass is 16.3. The van der Waals surface area contributed by atoms with E-state index in [1.165, 1.54) is 140 Å². The molecule has 8 aromatic carbocycles. The van der Waals surface area contributed by atoms with E-state index in [1.54, 1.807) is 0 Å². The molecule has 2 aliphatic heterocycles. The van der Waals surface area contributed by atoms with Crippen molar-refractivity contribution in [3.05, 3.63) is 190 Å². The highest BCUT2D eigenvalue weighted by Crippen LogP contribution is 2.56. The Kier molecular flexibility index (Phi) is 10.7. The lowest BCUT2D eigenvalue weighted by Gasteiger charge is -2.46. The molecule has 0 amide bonds. The normalized spacial score (nSPS) is 19.1. The zero-order valence-electron chi connectivity index (χ0n) is 51.3. The van der Waals surface area contributed by atoms with E-state index in [0.29, 0.717) is 0 Å². The summed E-state index contributed by atoms with van der Waals surface area (Å²) >= 11 is 0. The minimum absolute atomic E-state index is 0.0130. The number of aromatic nitrogens is 1. The van der Waals surface area contributed by atoms with Crippen LogP contribution in [0.25, 0.3) is 49.6 Å². The standard InChI is InChI=1S/C77H80BN3O/c1-45-35-47(3)68-51-23-19-20-24-61(51)79(64(68)36-45)50-26-28-60-63(40-50)81(62-43-58-56(74(8,9)31-33-76(58,12)13)41-52(62)48-21-17-16-18-22-48)66-38-46(2)37-65-69(66)78(60)71-70(53-42-57-59(44-67(53)82-71)77(14,15)34-32-75(57,10)11)80(65)49-25-27-54-55(39-49)73(6,7)30-29-72(54,4)5/h16-28,35-44H,29-34H2,1-15H3. The lowest BCUT2D eigenvalue weighted by atomic mass is 9.35. The van der Waals surface area contributed by atoms with E-state index in [2.05, 4.69) is 258 Å². The number of benzene rings is 8. The van der Waals surface area contributed by atoms with Crippen molar-refractivity contribution < 1.29 is 4.42 Å². The topological polar surface area (TPSA) is 24.6 Å². The molecule has 0 saturated heterocycles. The average Bonchev–Trinajstić information content (AvgIpc) is 2.73. The first-order valence-electron chi connectivity index (χ1n) is 30.7. The van der Waals surface area contributed by atoms with Crippen molar-refractivity contribution in [2.45, 2.75) is 175 Å². The molecular weight excluding hydrogens is 994 g/mol. The van der Waals surface area contributed by atoms with Crippen molar-refractivity contribution in [1.29, 1.82) is 0 Å². The van der Waals surface area contributed by atoms with Crippen LogP contribution in [0.1, 0.15) is 172 Å². The largest absolute Gasteiger partial charge is 0.468 e. The van der Waals surface area contributed by atoms with E-state index in [4.69, 9.17) is 4.42 Å². The van der Waals surface area contributed by atoms with Crippen LogP contribution >= 0.6 is 0 Å². The van der Waals surface area contributed by atoms with Crippen LogP contribution in [0.4, 0.5) is 34.1 Å². The summed E-state index contributed by atoms with van der Waals surface area (Å²) < 4.78 is 10.4. The molecule has 0 bridgehead atoms. The Hall–Kier alpha value is -7.24. The lowest BCUT2D eigenvalue weighted by Crippen LogP contribution is -2.61. The monoisotopic (exact) mass is 1070 g/mol. The number of furan rings is 1. The van der Waals surface area contributed by atoms with Crippen LogP contribution in [0.15, 0.2) is 144 Å². The molecule has 0 radical (unpaired) electrons. The molecule has 5 heteroatoms. The second-order valence-corrected chi connectivity index (χ2v) is 29.9. The number of nitrogens with zero attached hydrogens (tertiary/aromatic N) is 3. The molecule has 10 aromatic rings. The number of para-hydroxylation sites is 1. The molecule has 3 aliphatic carbocycles. The van der Waals surface area contributed by atoms with Gasteiger partial charge in [0.25, 0.3) is 6.71 Å². The van der Waals surface area contributed by atoms with E-state index in [9.17, 15) is 0 Å². The number of rotatable bonds is 4. The van der Waals surface area contributed by atoms with Gasteiger partial charge in [0.1, 0.15) is 5.58 Å². The quantitative estimate of drug-likeness (QED) is 0.164. The van der Waals surface area contributed by atoms with E-state index in [1.807, 2.05) is 0 Å². The highest BCUT2D eigenvalue weighted by molar-refractivity contribution is 7.00. The number of hydrogen-bond donors (Lipinski definition) is 0. The Bertz CT molecular complexity index is 4400. The Morgan fingerprint density at radius 1 is 0.415 bits per heavy atom. The Labute approximate surface area is 487 Å². The minimum Gasteiger partial charge on any atom is -0.468 e. The summed E-state index contributed by atoms with van der Waals surface area (Å²) in [4.78, 5) is 5.37. The van der Waals surface area contributed by atoms with E-state index in [-0.39, 0.29) is 39.2 Å².